The maximum atomic E-state index is 11.6. The number of nitrogens with zero attached hydrogens (tertiary/aromatic N) is 1. The van der Waals surface area contributed by atoms with Crippen LogP contribution in [0.25, 0.3) is 0 Å². The largest absolute Gasteiger partial charge is 0.491 e. The van der Waals surface area contributed by atoms with Crippen LogP contribution < -0.4 is 16.2 Å². The molecular weight excluding hydrogens is 450 g/mol. The van der Waals surface area contributed by atoms with Gasteiger partial charge in [-0.05, 0) is 73.2 Å². The highest BCUT2D eigenvalue weighted by molar-refractivity contribution is 5.59. The molecule has 2 atom stereocenters. The lowest BCUT2D eigenvalue weighted by Gasteiger charge is -2.35. The number of likely N-dealkylation sites (N-methyl/N-ethyl adjacent to an activating group) is 1. The summed E-state index contributed by atoms with van der Waals surface area (Å²) < 4.78 is 6.00. The summed E-state index contributed by atoms with van der Waals surface area (Å²) in [4.78, 5) is 13.5. The standard InChI is InChI=1S/C30H47N3O3/c1-8-30(9-2,24-11-10-21(22(14-24)17-31)16-26(19-34)33(6)7)25-12-13-27(23(15-25)18-32)36-20-28(35)29(3,4)5/h10-15,19,26,28,35H,8-9,16-18,20,31-32H2,1-7H3. The molecule has 0 aromatic heterocycles. The molecule has 0 aliphatic rings. The van der Waals surface area contributed by atoms with Crippen molar-refractivity contribution in [3.05, 3.63) is 64.2 Å². The van der Waals surface area contributed by atoms with Gasteiger partial charge in [0, 0.05) is 24.1 Å². The van der Waals surface area contributed by atoms with Crippen LogP contribution in [0.4, 0.5) is 0 Å². The minimum absolute atomic E-state index is 0.181. The lowest BCUT2D eigenvalue weighted by molar-refractivity contribution is -0.111. The summed E-state index contributed by atoms with van der Waals surface area (Å²) in [6.45, 7) is 11.4. The quantitative estimate of drug-likeness (QED) is 0.359. The minimum atomic E-state index is -0.576. The van der Waals surface area contributed by atoms with Gasteiger partial charge in [-0.15, -0.1) is 0 Å². The first-order valence-electron chi connectivity index (χ1n) is 13.1. The maximum Gasteiger partial charge on any atom is 0.137 e. The molecule has 0 aliphatic carbocycles. The number of hydrogen-bond donors (Lipinski definition) is 3. The Morgan fingerprint density at radius 3 is 1.97 bits per heavy atom. The molecule has 36 heavy (non-hydrogen) atoms. The average Bonchev–Trinajstić information content (AvgIpc) is 2.86. The van der Waals surface area contributed by atoms with Crippen molar-refractivity contribution in [2.45, 2.75) is 84.5 Å². The van der Waals surface area contributed by atoms with Gasteiger partial charge in [-0.25, -0.2) is 0 Å². The third kappa shape index (κ3) is 6.74. The van der Waals surface area contributed by atoms with E-state index in [2.05, 4.69) is 44.2 Å². The highest BCUT2D eigenvalue weighted by Gasteiger charge is 2.32. The lowest BCUT2D eigenvalue weighted by atomic mass is 9.69. The molecule has 2 aromatic rings. The summed E-state index contributed by atoms with van der Waals surface area (Å²) in [7, 11) is 3.84. The summed E-state index contributed by atoms with van der Waals surface area (Å²) in [5.74, 6) is 0.715. The van der Waals surface area contributed by atoms with Crippen molar-refractivity contribution < 1.29 is 14.6 Å². The zero-order valence-electron chi connectivity index (χ0n) is 23.3. The Morgan fingerprint density at radius 1 is 0.944 bits per heavy atom. The van der Waals surface area contributed by atoms with Crippen LogP contribution in [0.3, 0.4) is 0 Å². The predicted octanol–water partition coefficient (Wildman–Crippen LogP) is 4.17. The zero-order valence-corrected chi connectivity index (χ0v) is 23.3. The first kappa shape index (κ1) is 30.0. The molecule has 0 heterocycles. The van der Waals surface area contributed by atoms with E-state index in [1.807, 2.05) is 45.8 Å². The number of aldehydes is 1. The second kappa shape index (κ2) is 12.8. The van der Waals surface area contributed by atoms with Crippen LogP contribution in [0, 0.1) is 5.41 Å². The number of nitrogens with two attached hydrogens (primary N) is 2. The van der Waals surface area contributed by atoms with E-state index in [1.54, 1.807) is 0 Å². The molecule has 0 amide bonds. The van der Waals surface area contributed by atoms with Crippen LogP contribution in [-0.4, -0.2) is 49.1 Å². The summed E-state index contributed by atoms with van der Waals surface area (Å²) >= 11 is 0. The Bertz CT molecular complexity index is 993. The Hall–Kier alpha value is -2.25. The number of hydrogen-bond acceptors (Lipinski definition) is 6. The molecule has 0 saturated carbocycles. The molecule has 0 bridgehead atoms. The van der Waals surface area contributed by atoms with Crippen LogP contribution in [0.15, 0.2) is 36.4 Å². The monoisotopic (exact) mass is 497 g/mol. The highest BCUT2D eigenvalue weighted by Crippen LogP contribution is 2.41. The maximum absolute atomic E-state index is 11.6. The Balaban J connectivity index is 2.46. The third-order valence-corrected chi connectivity index (χ3v) is 7.66. The smallest absolute Gasteiger partial charge is 0.137 e. The Kier molecular flexibility index (Phi) is 10.7. The molecule has 6 heteroatoms. The van der Waals surface area contributed by atoms with Crippen molar-refractivity contribution in [3.63, 3.8) is 0 Å². The fourth-order valence-electron chi connectivity index (χ4n) is 4.72. The average molecular weight is 498 g/mol. The summed E-state index contributed by atoms with van der Waals surface area (Å²) in [6, 6.07) is 12.6. The number of carbonyl (C=O) groups excluding carboxylic acids is 1. The summed E-state index contributed by atoms with van der Waals surface area (Å²) in [5.41, 5.74) is 17.4. The summed E-state index contributed by atoms with van der Waals surface area (Å²) in [6.07, 6.45) is 2.88. The van der Waals surface area contributed by atoms with Gasteiger partial charge in [0.05, 0.1) is 12.1 Å². The molecular formula is C30H47N3O3. The van der Waals surface area contributed by atoms with Crippen LogP contribution in [0.2, 0.25) is 0 Å². The molecule has 0 radical (unpaired) electrons. The number of ether oxygens (including phenoxy) is 1. The van der Waals surface area contributed by atoms with Gasteiger partial charge in [0.15, 0.2) is 0 Å². The third-order valence-electron chi connectivity index (χ3n) is 7.66. The highest BCUT2D eigenvalue weighted by atomic mass is 16.5. The van der Waals surface area contributed by atoms with E-state index in [4.69, 9.17) is 16.2 Å². The molecule has 2 rings (SSSR count). The summed E-state index contributed by atoms with van der Waals surface area (Å²) in [5, 5.41) is 10.4. The Morgan fingerprint density at radius 2 is 1.50 bits per heavy atom. The van der Waals surface area contributed by atoms with Crippen molar-refractivity contribution in [3.8, 4) is 5.75 Å². The molecule has 0 spiro atoms. The number of carbonyl (C=O) groups is 1. The first-order chi connectivity index (χ1) is 17.0. The van der Waals surface area contributed by atoms with E-state index >= 15 is 0 Å². The van der Waals surface area contributed by atoms with E-state index < -0.39 is 6.10 Å². The van der Waals surface area contributed by atoms with E-state index in [9.17, 15) is 9.90 Å². The fraction of sp³-hybridized carbons (Fsp3) is 0.567. The molecule has 0 fully saturated rings. The molecule has 2 aromatic carbocycles. The molecule has 0 saturated heterocycles. The molecule has 5 N–H and O–H groups in total. The van der Waals surface area contributed by atoms with Gasteiger partial charge in [-0.1, -0.05) is 58.9 Å². The van der Waals surface area contributed by atoms with Gasteiger partial charge in [-0.3, -0.25) is 4.90 Å². The first-order valence-corrected chi connectivity index (χ1v) is 13.1. The number of benzene rings is 2. The van der Waals surface area contributed by atoms with Crippen LogP contribution in [-0.2, 0) is 29.7 Å². The van der Waals surface area contributed by atoms with Crippen molar-refractivity contribution in [1.29, 1.82) is 0 Å². The van der Waals surface area contributed by atoms with Crippen molar-refractivity contribution >= 4 is 6.29 Å². The van der Waals surface area contributed by atoms with E-state index in [1.165, 1.54) is 11.1 Å². The van der Waals surface area contributed by atoms with E-state index in [0.29, 0.717) is 25.3 Å². The molecule has 0 aliphatic heterocycles. The van der Waals surface area contributed by atoms with Gasteiger partial charge < -0.3 is 26.1 Å². The normalized spacial score (nSPS) is 14.1. The van der Waals surface area contributed by atoms with Gasteiger partial charge in [0.2, 0.25) is 0 Å². The molecule has 6 nitrogen and oxygen atoms in total. The number of aliphatic hydroxyl groups excluding tert-OH is 1. The number of rotatable bonds is 13. The zero-order chi connectivity index (χ0) is 27.1. The van der Waals surface area contributed by atoms with Crippen molar-refractivity contribution in [2.75, 3.05) is 20.7 Å². The number of aliphatic hydroxyl groups is 1. The Labute approximate surface area is 218 Å². The van der Waals surface area contributed by atoms with Gasteiger partial charge in [0.25, 0.3) is 0 Å². The van der Waals surface area contributed by atoms with Gasteiger partial charge >= 0.3 is 0 Å². The van der Waals surface area contributed by atoms with E-state index in [-0.39, 0.29) is 23.5 Å². The van der Waals surface area contributed by atoms with Crippen molar-refractivity contribution in [2.24, 2.45) is 16.9 Å². The SMILES string of the molecule is CCC(CC)(c1ccc(CC(C=O)N(C)C)c(CN)c1)c1ccc(OCC(O)C(C)(C)C)c(CN)c1. The predicted molar refractivity (Wildman–Crippen MR) is 148 cm³/mol. The lowest BCUT2D eigenvalue weighted by Crippen LogP contribution is -2.32. The second-order valence-corrected chi connectivity index (χ2v) is 11.1. The minimum Gasteiger partial charge on any atom is -0.491 e. The van der Waals surface area contributed by atoms with E-state index in [0.717, 1.165) is 35.8 Å². The van der Waals surface area contributed by atoms with Crippen LogP contribution >= 0.6 is 0 Å². The van der Waals surface area contributed by atoms with Crippen LogP contribution in [0.5, 0.6) is 5.75 Å². The molecule has 200 valence electrons. The van der Waals surface area contributed by atoms with Crippen molar-refractivity contribution in [1.82, 2.24) is 4.90 Å². The van der Waals surface area contributed by atoms with Gasteiger partial charge in [-0.2, -0.15) is 0 Å². The second-order valence-electron chi connectivity index (χ2n) is 11.1. The van der Waals surface area contributed by atoms with Gasteiger partial charge in [0.1, 0.15) is 18.6 Å². The molecule has 2 unspecified atom stereocenters. The van der Waals surface area contributed by atoms with Crippen LogP contribution in [0.1, 0.15) is 75.3 Å². The fourth-order valence-corrected chi connectivity index (χ4v) is 4.72. The topological polar surface area (TPSA) is 102 Å².